The van der Waals surface area contributed by atoms with E-state index in [2.05, 4.69) is 82.8 Å². The van der Waals surface area contributed by atoms with Crippen LogP contribution in [0.3, 0.4) is 0 Å². The topological polar surface area (TPSA) is 9.23 Å². The van der Waals surface area contributed by atoms with Gasteiger partial charge in [0.05, 0.1) is 0 Å². The summed E-state index contributed by atoms with van der Waals surface area (Å²) < 4.78 is 5.82. The Morgan fingerprint density at radius 3 is 2.42 bits per heavy atom. The summed E-state index contributed by atoms with van der Waals surface area (Å²) in [5, 5.41) is 0. The molecule has 0 saturated carbocycles. The quantitative estimate of drug-likeness (QED) is 0.349. The Kier molecular flexibility index (Phi) is 7.72. The first kappa shape index (κ1) is 20.0. The van der Waals surface area contributed by atoms with Crippen LogP contribution in [0.4, 0.5) is 0 Å². The lowest BCUT2D eigenvalue weighted by Crippen LogP contribution is -2.03. The van der Waals surface area contributed by atoms with Gasteiger partial charge in [-0.2, -0.15) is 0 Å². The van der Waals surface area contributed by atoms with Gasteiger partial charge >= 0.3 is 0 Å². The Labute approximate surface area is 159 Å². The van der Waals surface area contributed by atoms with Crippen LogP contribution in [0, 0.1) is 19.8 Å². The molecule has 0 fully saturated rings. The van der Waals surface area contributed by atoms with Gasteiger partial charge in [-0.1, -0.05) is 81.3 Å². The molecule has 1 nitrogen and oxygen atoms in total. The molecule has 0 aliphatic heterocycles. The molecule has 0 atom stereocenters. The van der Waals surface area contributed by atoms with Gasteiger partial charge in [0.25, 0.3) is 0 Å². The molecule has 0 aromatic heterocycles. The van der Waals surface area contributed by atoms with Crippen molar-refractivity contribution in [3.05, 3.63) is 76.9 Å². The lowest BCUT2D eigenvalue weighted by atomic mass is 9.93. The van der Waals surface area contributed by atoms with Crippen LogP contribution in [0.5, 0.6) is 5.75 Å². The summed E-state index contributed by atoms with van der Waals surface area (Å²) in [4.78, 5) is 0. The molecule has 0 spiro atoms. The maximum Gasteiger partial charge on any atom is 0.120 e. The van der Waals surface area contributed by atoms with Gasteiger partial charge in [-0.05, 0) is 60.6 Å². The molecule has 0 aliphatic rings. The Morgan fingerprint density at radius 1 is 1.00 bits per heavy atom. The number of rotatable bonds is 9. The molecule has 0 aliphatic carbocycles. The fourth-order valence-corrected chi connectivity index (χ4v) is 3.25. The van der Waals surface area contributed by atoms with Gasteiger partial charge in [0.1, 0.15) is 12.4 Å². The lowest BCUT2D eigenvalue weighted by Gasteiger charge is -2.14. The smallest absolute Gasteiger partial charge is 0.120 e. The van der Waals surface area contributed by atoms with Crippen molar-refractivity contribution in [2.75, 3.05) is 6.61 Å². The number of hydrogen-bond acceptors (Lipinski definition) is 1. The fraction of sp³-hybridized carbons (Fsp3) is 0.360. The second kappa shape index (κ2) is 10.0. The van der Waals surface area contributed by atoms with Gasteiger partial charge in [-0.25, -0.2) is 0 Å². The Bertz CT molecular complexity index is 751. The van der Waals surface area contributed by atoms with Crippen LogP contribution < -0.4 is 4.74 Å². The highest BCUT2D eigenvalue weighted by Gasteiger charge is 2.07. The third-order valence-electron chi connectivity index (χ3n) is 4.92. The Balaban J connectivity index is 2.29. The van der Waals surface area contributed by atoms with Gasteiger partial charge in [0.2, 0.25) is 0 Å². The summed E-state index contributed by atoms with van der Waals surface area (Å²) in [5.41, 5.74) is 6.40. The van der Waals surface area contributed by atoms with Crippen molar-refractivity contribution in [3.63, 3.8) is 0 Å². The summed E-state index contributed by atoms with van der Waals surface area (Å²) >= 11 is 0. The van der Waals surface area contributed by atoms with Crippen LogP contribution in [0.25, 0.3) is 12.2 Å². The van der Waals surface area contributed by atoms with Crippen molar-refractivity contribution in [1.29, 1.82) is 0 Å². The van der Waals surface area contributed by atoms with Crippen LogP contribution in [-0.2, 0) is 6.42 Å². The molecule has 0 heterocycles. The summed E-state index contributed by atoms with van der Waals surface area (Å²) in [7, 11) is 0. The highest BCUT2D eigenvalue weighted by molar-refractivity contribution is 5.72. The molecule has 0 bridgehead atoms. The molecule has 0 saturated heterocycles. The second-order valence-electron chi connectivity index (χ2n) is 7.09. The first-order chi connectivity index (χ1) is 12.5. The van der Waals surface area contributed by atoms with Crippen LogP contribution >= 0.6 is 0 Å². The molecular weight excluding hydrogens is 316 g/mol. The molecule has 2 aromatic rings. The van der Waals surface area contributed by atoms with E-state index >= 15 is 0 Å². The van der Waals surface area contributed by atoms with E-state index < -0.39 is 0 Å². The summed E-state index contributed by atoms with van der Waals surface area (Å²) in [6, 6.07) is 13.1. The highest BCUT2D eigenvalue weighted by Crippen LogP contribution is 2.24. The van der Waals surface area contributed by atoms with Crippen molar-refractivity contribution >= 4 is 12.2 Å². The third kappa shape index (κ3) is 5.91. The predicted molar refractivity (Wildman–Crippen MR) is 115 cm³/mol. The highest BCUT2D eigenvalue weighted by atomic mass is 16.5. The minimum absolute atomic E-state index is 0.536. The van der Waals surface area contributed by atoms with E-state index in [1.165, 1.54) is 40.7 Å². The van der Waals surface area contributed by atoms with E-state index in [-0.39, 0.29) is 0 Å². The second-order valence-corrected chi connectivity index (χ2v) is 7.09. The van der Waals surface area contributed by atoms with E-state index in [0.29, 0.717) is 6.61 Å². The minimum atomic E-state index is 0.536. The molecule has 0 N–H and O–H groups in total. The monoisotopic (exact) mass is 348 g/mol. The molecule has 26 heavy (non-hydrogen) atoms. The maximum atomic E-state index is 5.82. The number of hydrogen-bond donors (Lipinski definition) is 0. The van der Waals surface area contributed by atoms with E-state index in [1.54, 1.807) is 6.08 Å². The molecule has 0 radical (unpaired) electrons. The van der Waals surface area contributed by atoms with Crippen LogP contribution in [0.1, 0.15) is 54.5 Å². The van der Waals surface area contributed by atoms with Crippen LogP contribution in [0.15, 0.2) is 49.1 Å². The largest absolute Gasteiger partial charge is 0.490 e. The zero-order chi connectivity index (χ0) is 18.9. The molecule has 2 aromatic carbocycles. The predicted octanol–water partition coefficient (Wildman–Crippen LogP) is 7.02. The molecular formula is C25H32O. The first-order valence-corrected chi connectivity index (χ1v) is 9.68. The van der Waals surface area contributed by atoms with Gasteiger partial charge in [0.15, 0.2) is 0 Å². The molecule has 2 rings (SSSR count). The third-order valence-corrected chi connectivity index (χ3v) is 4.92. The van der Waals surface area contributed by atoms with E-state index in [1.807, 2.05) is 0 Å². The van der Waals surface area contributed by atoms with Gasteiger partial charge in [-0.3, -0.25) is 0 Å². The average Bonchev–Trinajstić information content (AvgIpc) is 2.63. The van der Waals surface area contributed by atoms with Crippen LogP contribution in [0.2, 0.25) is 0 Å². The van der Waals surface area contributed by atoms with Gasteiger partial charge in [0, 0.05) is 0 Å². The average molecular weight is 349 g/mol. The van der Waals surface area contributed by atoms with Gasteiger partial charge in [-0.15, -0.1) is 0 Å². The van der Waals surface area contributed by atoms with Crippen molar-refractivity contribution in [2.45, 2.75) is 47.0 Å². The minimum Gasteiger partial charge on any atom is -0.490 e. The zero-order valence-corrected chi connectivity index (χ0v) is 16.7. The van der Waals surface area contributed by atoms with Crippen LogP contribution in [-0.4, -0.2) is 6.61 Å². The van der Waals surface area contributed by atoms with Crippen molar-refractivity contribution in [1.82, 2.24) is 0 Å². The first-order valence-electron chi connectivity index (χ1n) is 9.68. The number of aryl methyl sites for hydroxylation is 2. The zero-order valence-electron chi connectivity index (χ0n) is 16.7. The van der Waals surface area contributed by atoms with E-state index in [0.717, 1.165) is 18.1 Å². The maximum absolute atomic E-state index is 5.82. The molecule has 0 unspecified atom stereocenters. The van der Waals surface area contributed by atoms with Crippen molar-refractivity contribution in [3.8, 4) is 5.75 Å². The summed E-state index contributed by atoms with van der Waals surface area (Å²) in [6.45, 7) is 13.1. The summed E-state index contributed by atoms with van der Waals surface area (Å²) in [5.74, 6) is 1.65. The fourth-order valence-electron chi connectivity index (χ4n) is 3.25. The van der Waals surface area contributed by atoms with Crippen molar-refractivity contribution < 1.29 is 4.74 Å². The number of benzene rings is 2. The molecule has 0 amide bonds. The SMILES string of the molecule is C=CCOc1cc(/C=C/c2ccc(C)cc2C)cc(CC(CC)CC)c1. The Hall–Kier alpha value is -2.28. The Morgan fingerprint density at radius 2 is 1.77 bits per heavy atom. The number of ether oxygens (including phenoxy) is 1. The molecule has 138 valence electrons. The summed E-state index contributed by atoms with van der Waals surface area (Å²) in [6.07, 6.45) is 9.70. The standard InChI is InChI=1S/C25H32O/c1-6-13-26-25-17-22(16-23(18-25)15-21(7-2)8-3)10-12-24-11-9-19(4)14-20(24)5/h6,9-12,14,16-18,21H,1,7-8,13,15H2,2-5H3/b12-10+. The van der Waals surface area contributed by atoms with E-state index in [4.69, 9.17) is 4.74 Å². The normalized spacial score (nSPS) is 11.3. The lowest BCUT2D eigenvalue weighted by molar-refractivity contribution is 0.362. The van der Waals surface area contributed by atoms with Gasteiger partial charge < -0.3 is 4.74 Å². The molecule has 1 heteroatoms. The van der Waals surface area contributed by atoms with E-state index in [9.17, 15) is 0 Å². The van der Waals surface area contributed by atoms with Crippen molar-refractivity contribution in [2.24, 2.45) is 5.92 Å².